The van der Waals surface area contributed by atoms with E-state index in [9.17, 15) is 5.11 Å². The van der Waals surface area contributed by atoms with Crippen LogP contribution >= 0.6 is 11.6 Å². The Labute approximate surface area is 112 Å². The number of nitrogens with one attached hydrogen (secondary N) is 1. The molecule has 1 atom stereocenters. The van der Waals surface area contributed by atoms with E-state index < -0.39 is 0 Å². The normalized spacial score (nSPS) is 12.2. The first-order valence-electron chi connectivity index (χ1n) is 5.88. The average Bonchev–Trinajstić information content (AvgIpc) is 2.35. The van der Waals surface area contributed by atoms with Crippen LogP contribution in [-0.2, 0) is 0 Å². The molecule has 2 nitrogen and oxygen atoms in total. The third-order valence-electron chi connectivity index (χ3n) is 2.89. The standard InChI is InChI=1S/C15H16ClNO/c1-10-3-6-13(7-4-10)17-11(2)14-9-12(16)5-8-15(14)18/h3-9,11,17-18H,1-2H3/t11-/m1/s1. The highest BCUT2D eigenvalue weighted by Gasteiger charge is 2.10. The Kier molecular flexibility index (Phi) is 3.78. The summed E-state index contributed by atoms with van der Waals surface area (Å²) in [7, 11) is 0. The molecule has 0 aromatic heterocycles. The molecule has 2 aromatic rings. The third-order valence-corrected chi connectivity index (χ3v) is 3.13. The first-order chi connectivity index (χ1) is 8.56. The SMILES string of the molecule is Cc1ccc(N[C@H](C)c2cc(Cl)ccc2O)cc1. The topological polar surface area (TPSA) is 32.3 Å². The monoisotopic (exact) mass is 261 g/mol. The maximum absolute atomic E-state index is 9.83. The summed E-state index contributed by atoms with van der Waals surface area (Å²) >= 11 is 5.95. The van der Waals surface area contributed by atoms with Crippen LogP contribution in [0.2, 0.25) is 5.02 Å². The van der Waals surface area contributed by atoms with Crippen molar-refractivity contribution in [2.75, 3.05) is 5.32 Å². The highest BCUT2D eigenvalue weighted by molar-refractivity contribution is 6.30. The van der Waals surface area contributed by atoms with Gasteiger partial charge in [0.15, 0.2) is 0 Å². The van der Waals surface area contributed by atoms with Crippen LogP contribution in [0.15, 0.2) is 42.5 Å². The molecule has 0 heterocycles. The van der Waals surface area contributed by atoms with Gasteiger partial charge in [-0.15, -0.1) is 0 Å². The van der Waals surface area contributed by atoms with Crippen LogP contribution in [0.5, 0.6) is 5.75 Å². The molecule has 94 valence electrons. The van der Waals surface area contributed by atoms with E-state index >= 15 is 0 Å². The zero-order chi connectivity index (χ0) is 13.1. The zero-order valence-electron chi connectivity index (χ0n) is 10.4. The van der Waals surface area contributed by atoms with Crippen LogP contribution in [0.4, 0.5) is 5.69 Å². The van der Waals surface area contributed by atoms with Crippen molar-refractivity contribution in [1.82, 2.24) is 0 Å². The number of aromatic hydroxyl groups is 1. The number of halogens is 1. The van der Waals surface area contributed by atoms with Crippen molar-refractivity contribution in [1.29, 1.82) is 0 Å². The molecule has 0 spiro atoms. The molecule has 0 saturated carbocycles. The summed E-state index contributed by atoms with van der Waals surface area (Å²) in [6.07, 6.45) is 0. The number of aryl methyl sites for hydroxylation is 1. The second-order valence-electron chi connectivity index (χ2n) is 4.44. The second-order valence-corrected chi connectivity index (χ2v) is 4.87. The van der Waals surface area contributed by atoms with Crippen molar-refractivity contribution < 1.29 is 5.11 Å². The number of rotatable bonds is 3. The minimum absolute atomic E-state index is 0.00796. The molecule has 0 aliphatic heterocycles. The molecule has 0 fully saturated rings. The molecule has 0 radical (unpaired) electrons. The molecule has 0 aliphatic carbocycles. The van der Waals surface area contributed by atoms with E-state index in [2.05, 4.69) is 12.2 Å². The molecule has 2 aromatic carbocycles. The minimum atomic E-state index is -0.00796. The summed E-state index contributed by atoms with van der Waals surface area (Å²) in [6, 6.07) is 13.2. The van der Waals surface area contributed by atoms with Gasteiger partial charge in [0.05, 0.1) is 6.04 Å². The van der Waals surface area contributed by atoms with Gasteiger partial charge in [0.25, 0.3) is 0 Å². The number of benzene rings is 2. The van der Waals surface area contributed by atoms with Crippen molar-refractivity contribution >= 4 is 17.3 Å². The summed E-state index contributed by atoms with van der Waals surface area (Å²) in [6.45, 7) is 4.04. The van der Waals surface area contributed by atoms with Crippen molar-refractivity contribution in [2.45, 2.75) is 19.9 Å². The van der Waals surface area contributed by atoms with Gasteiger partial charge in [-0.3, -0.25) is 0 Å². The lowest BCUT2D eigenvalue weighted by atomic mass is 10.1. The fourth-order valence-electron chi connectivity index (χ4n) is 1.85. The molecule has 0 saturated heterocycles. The smallest absolute Gasteiger partial charge is 0.120 e. The van der Waals surface area contributed by atoms with Gasteiger partial charge in [-0.1, -0.05) is 29.3 Å². The summed E-state index contributed by atoms with van der Waals surface area (Å²) in [4.78, 5) is 0. The number of phenols is 1. The Balaban J connectivity index is 2.18. The fourth-order valence-corrected chi connectivity index (χ4v) is 2.03. The van der Waals surface area contributed by atoms with Gasteiger partial charge >= 0.3 is 0 Å². The summed E-state index contributed by atoms with van der Waals surface area (Å²) in [5.74, 6) is 0.256. The van der Waals surface area contributed by atoms with Gasteiger partial charge in [-0.2, -0.15) is 0 Å². The van der Waals surface area contributed by atoms with Crippen molar-refractivity contribution in [2.24, 2.45) is 0 Å². The molecule has 0 amide bonds. The first kappa shape index (κ1) is 12.8. The Morgan fingerprint density at radius 1 is 1.11 bits per heavy atom. The van der Waals surface area contributed by atoms with Gasteiger partial charge in [-0.05, 0) is 44.2 Å². The minimum Gasteiger partial charge on any atom is -0.508 e. The van der Waals surface area contributed by atoms with Gasteiger partial charge < -0.3 is 10.4 Å². The van der Waals surface area contributed by atoms with E-state index in [-0.39, 0.29) is 11.8 Å². The quantitative estimate of drug-likeness (QED) is 0.851. The van der Waals surface area contributed by atoms with Crippen LogP contribution in [-0.4, -0.2) is 5.11 Å². The Morgan fingerprint density at radius 3 is 2.44 bits per heavy atom. The number of anilines is 1. The Bertz CT molecular complexity index is 537. The predicted molar refractivity (Wildman–Crippen MR) is 76.3 cm³/mol. The maximum atomic E-state index is 9.83. The molecule has 3 heteroatoms. The lowest BCUT2D eigenvalue weighted by Crippen LogP contribution is -2.06. The van der Waals surface area contributed by atoms with Gasteiger partial charge in [0.1, 0.15) is 5.75 Å². The largest absolute Gasteiger partial charge is 0.508 e. The van der Waals surface area contributed by atoms with Crippen LogP contribution in [0.25, 0.3) is 0 Å². The molecule has 2 N–H and O–H groups in total. The van der Waals surface area contributed by atoms with Crippen molar-refractivity contribution in [3.05, 3.63) is 58.6 Å². The fraction of sp³-hybridized carbons (Fsp3) is 0.200. The van der Waals surface area contributed by atoms with Crippen LogP contribution in [0, 0.1) is 6.92 Å². The summed E-state index contributed by atoms with van der Waals surface area (Å²) in [5.41, 5.74) is 3.04. The highest BCUT2D eigenvalue weighted by atomic mass is 35.5. The average molecular weight is 262 g/mol. The van der Waals surface area contributed by atoms with Gasteiger partial charge in [0.2, 0.25) is 0 Å². The molecular weight excluding hydrogens is 246 g/mol. The van der Waals surface area contributed by atoms with Crippen LogP contribution < -0.4 is 5.32 Å². The number of hydrogen-bond donors (Lipinski definition) is 2. The van der Waals surface area contributed by atoms with Crippen LogP contribution in [0.1, 0.15) is 24.1 Å². The summed E-state index contributed by atoms with van der Waals surface area (Å²) in [5, 5.41) is 13.8. The molecule has 2 rings (SSSR count). The Morgan fingerprint density at radius 2 is 1.78 bits per heavy atom. The highest BCUT2D eigenvalue weighted by Crippen LogP contribution is 2.29. The van der Waals surface area contributed by atoms with E-state index in [1.807, 2.05) is 31.2 Å². The molecule has 0 unspecified atom stereocenters. The number of phenolic OH excluding ortho intramolecular Hbond substituents is 1. The van der Waals surface area contributed by atoms with E-state index in [0.717, 1.165) is 11.3 Å². The molecular formula is C15H16ClNO. The van der Waals surface area contributed by atoms with Crippen LogP contribution in [0.3, 0.4) is 0 Å². The maximum Gasteiger partial charge on any atom is 0.120 e. The first-order valence-corrected chi connectivity index (χ1v) is 6.25. The van der Waals surface area contributed by atoms with Crippen molar-refractivity contribution in [3.8, 4) is 5.75 Å². The lowest BCUT2D eigenvalue weighted by molar-refractivity contribution is 0.465. The molecule has 18 heavy (non-hydrogen) atoms. The third kappa shape index (κ3) is 2.96. The van der Waals surface area contributed by atoms with Gasteiger partial charge in [-0.25, -0.2) is 0 Å². The zero-order valence-corrected chi connectivity index (χ0v) is 11.2. The van der Waals surface area contributed by atoms with E-state index in [1.165, 1.54) is 5.56 Å². The lowest BCUT2D eigenvalue weighted by Gasteiger charge is -2.17. The van der Waals surface area contributed by atoms with Crippen molar-refractivity contribution in [3.63, 3.8) is 0 Å². The summed E-state index contributed by atoms with van der Waals surface area (Å²) < 4.78 is 0. The molecule has 0 bridgehead atoms. The molecule has 0 aliphatic rings. The second kappa shape index (κ2) is 5.32. The van der Waals surface area contributed by atoms with E-state index in [1.54, 1.807) is 18.2 Å². The number of hydrogen-bond acceptors (Lipinski definition) is 2. The van der Waals surface area contributed by atoms with E-state index in [0.29, 0.717) is 5.02 Å². The predicted octanol–water partition coefficient (Wildman–Crippen LogP) is 4.53. The van der Waals surface area contributed by atoms with E-state index in [4.69, 9.17) is 11.6 Å². The Hall–Kier alpha value is -1.67. The van der Waals surface area contributed by atoms with Gasteiger partial charge in [0, 0.05) is 16.3 Å².